The molecule has 4 rings (SSSR count). The molecule has 0 aliphatic carbocycles. The van der Waals surface area contributed by atoms with Crippen molar-refractivity contribution in [1.82, 2.24) is 0 Å². The number of amides is 2. The van der Waals surface area contributed by atoms with Gasteiger partial charge in [0, 0.05) is 23.8 Å². The molecule has 0 saturated carbocycles. The molecule has 3 aromatic rings. The number of anilines is 4. The number of nitrogens with zero attached hydrogens (tertiary/aromatic N) is 1. The van der Waals surface area contributed by atoms with Crippen LogP contribution >= 0.6 is 11.6 Å². The van der Waals surface area contributed by atoms with Crippen LogP contribution in [-0.2, 0) is 9.53 Å². The van der Waals surface area contributed by atoms with E-state index in [0.717, 1.165) is 24.5 Å². The van der Waals surface area contributed by atoms with Crippen molar-refractivity contribution in [2.45, 2.75) is 0 Å². The molecule has 0 bridgehead atoms. The van der Waals surface area contributed by atoms with Crippen LogP contribution in [0.15, 0.2) is 72.8 Å². The Morgan fingerprint density at radius 1 is 0.879 bits per heavy atom. The van der Waals surface area contributed by atoms with E-state index < -0.39 is 0 Å². The SMILES string of the molecule is O=C(CNc1cc(Cl)ccc1N1CCOCC1)Nc1ccccc1C(=O)Nc1ccccc1. The topological polar surface area (TPSA) is 82.7 Å². The molecule has 0 spiro atoms. The summed E-state index contributed by atoms with van der Waals surface area (Å²) in [5.74, 6) is -0.572. The molecular formula is C25H25ClN4O3. The second-order valence-electron chi connectivity index (χ2n) is 7.53. The maximum absolute atomic E-state index is 12.7. The number of ether oxygens (including phenoxy) is 1. The van der Waals surface area contributed by atoms with Crippen LogP contribution in [-0.4, -0.2) is 44.7 Å². The highest BCUT2D eigenvalue weighted by molar-refractivity contribution is 6.31. The van der Waals surface area contributed by atoms with E-state index >= 15 is 0 Å². The zero-order valence-electron chi connectivity index (χ0n) is 18.0. The van der Waals surface area contributed by atoms with Gasteiger partial charge in [-0.1, -0.05) is 41.9 Å². The number of carbonyl (C=O) groups is 2. The molecule has 3 N–H and O–H groups in total. The lowest BCUT2D eigenvalue weighted by Gasteiger charge is -2.30. The lowest BCUT2D eigenvalue weighted by atomic mass is 10.1. The molecule has 2 amide bonds. The van der Waals surface area contributed by atoms with Crippen molar-refractivity contribution in [3.8, 4) is 0 Å². The fraction of sp³-hybridized carbons (Fsp3) is 0.200. The Bertz CT molecular complexity index is 1120. The highest BCUT2D eigenvalue weighted by Gasteiger charge is 2.17. The van der Waals surface area contributed by atoms with Crippen molar-refractivity contribution in [2.24, 2.45) is 0 Å². The molecule has 1 aliphatic rings. The summed E-state index contributed by atoms with van der Waals surface area (Å²) in [6, 6.07) is 21.7. The van der Waals surface area contributed by atoms with Gasteiger partial charge >= 0.3 is 0 Å². The average molecular weight is 465 g/mol. The fourth-order valence-electron chi connectivity index (χ4n) is 3.61. The molecule has 7 nitrogen and oxygen atoms in total. The third-order valence-corrected chi connectivity index (χ3v) is 5.46. The third kappa shape index (κ3) is 6.03. The first-order valence-corrected chi connectivity index (χ1v) is 11.1. The number of morpholine rings is 1. The summed E-state index contributed by atoms with van der Waals surface area (Å²) in [6.45, 7) is 2.87. The van der Waals surface area contributed by atoms with E-state index in [-0.39, 0.29) is 18.4 Å². The van der Waals surface area contributed by atoms with Crippen molar-refractivity contribution in [3.63, 3.8) is 0 Å². The molecule has 1 aliphatic heterocycles. The number of rotatable bonds is 7. The summed E-state index contributed by atoms with van der Waals surface area (Å²) >= 11 is 6.19. The van der Waals surface area contributed by atoms with Gasteiger partial charge in [-0.05, 0) is 42.5 Å². The lowest BCUT2D eigenvalue weighted by Crippen LogP contribution is -2.36. The second-order valence-corrected chi connectivity index (χ2v) is 7.96. The molecule has 0 radical (unpaired) electrons. The van der Waals surface area contributed by atoms with E-state index in [1.807, 2.05) is 30.3 Å². The number of hydrogen-bond donors (Lipinski definition) is 3. The van der Waals surface area contributed by atoms with E-state index in [1.165, 1.54) is 0 Å². The molecule has 1 heterocycles. The monoisotopic (exact) mass is 464 g/mol. The van der Waals surface area contributed by atoms with E-state index in [9.17, 15) is 9.59 Å². The van der Waals surface area contributed by atoms with Gasteiger partial charge < -0.3 is 25.6 Å². The first-order chi connectivity index (χ1) is 16.1. The Labute approximate surface area is 197 Å². The van der Waals surface area contributed by atoms with Crippen molar-refractivity contribution in [2.75, 3.05) is 53.7 Å². The maximum atomic E-state index is 12.7. The Balaban J connectivity index is 1.42. The van der Waals surface area contributed by atoms with Crippen LogP contribution in [0.25, 0.3) is 0 Å². The standard InChI is InChI=1S/C25H25ClN4O3/c26-18-10-11-23(30-12-14-33-15-13-30)22(16-18)27-17-24(31)29-21-9-5-4-8-20(21)25(32)28-19-6-2-1-3-7-19/h1-11,16,27H,12-15,17H2,(H,28,32)(H,29,31). The molecule has 0 aromatic heterocycles. The Morgan fingerprint density at radius 3 is 2.39 bits per heavy atom. The Morgan fingerprint density at radius 2 is 1.61 bits per heavy atom. The molecule has 0 unspecified atom stereocenters. The number of carbonyl (C=O) groups excluding carboxylic acids is 2. The summed E-state index contributed by atoms with van der Waals surface area (Å²) in [4.78, 5) is 27.7. The molecule has 3 aromatic carbocycles. The summed E-state index contributed by atoms with van der Waals surface area (Å²) < 4.78 is 5.43. The van der Waals surface area contributed by atoms with Gasteiger partial charge in [0.1, 0.15) is 0 Å². The van der Waals surface area contributed by atoms with Crippen molar-refractivity contribution in [1.29, 1.82) is 0 Å². The average Bonchev–Trinajstić information content (AvgIpc) is 2.84. The van der Waals surface area contributed by atoms with Gasteiger partial charge in [-0.2, -0.15) is 0 Å². The van der Waals surface area contributed by atoms with Crippen LogP contribution < -0.4 is 20.9 Å². The first-order valence-electron chi connectivity index (χ1n) is 10.7. The summed E-state index contributed by atoms with van der Waals surface area (Å²) in [7, 11) is 0. The largest absolute Gasteiger partial charge is 0.378 e. The lowest BCUT2D eigenvalue weighted by molar-refractivity contribution is -0.114. The van der Waals surface area contributed by atoms with Crippen LogP contribution in [0.2, 0.25) is 5.02 Å². The van der Waals surface area contributed by atoms with Gasteiger partial charge in [-0.25, -0.2) is 0 Å². The van der Waals surface area contributed by atoms with Gasteiger partial charge in [0.2, 0.25) is 5.91 Å². The predicted octanol–water partition coefficient (Wildman–Crippen LogP) is 4.48. The minimum absolute atomic E-state index is 0.0202. The van der Waals surface area contributed by atoms with Gasteiger partial charge in [0.25, 0.3) is 5.91 Å². The predicted molar refractivity (Wildman–Crippen MR) is 132 cm³/mol. The van der Waals surface area contributed by atoms with Gasteiger partial charge in [-0.15, -0.1) is 0 Å². The molecule has 170 valence electrons. The summed E-state index contributed by atoms with van der Waals surface area (Å²) in [5, 5.41) is 9.44. The molecule has 1 saturated heterocycles. The van der Waals surface area contributed by atoms with Crippen LogP contribution in [0.4, 0.5) is 22.7 Å². The summed E-state index contributed by atoms with van der Waals surface area (Å²) in [5.41, 5.74) is 3.25. The molecule has 0 atom stereocenters. The van der Waals surface area contributed by atoms with Crippen LogP contribution in [0.1, 0.15) is 10.4 Å². The van der Waals surface area contributed by atoms with Gasteiger partial charge in [-0.3, -0.25) is 9.59 Å². The maximum Gasteiger partial charge on any atom is 0.257 e. The van der Waals surface area contributed by atoms with E-state index in [4.69, 9.17) is 16.3 Å². The smallest absolute Gasteiger partial charge is 0.257 e. The zero-order chi connectivity index (χ0) is 23.0. The quantitative estimate of drug-likeness (QED) is 0.480. The summed E-state index contributed by atoms with van der Waals surface area (Å²) in [6.07, 6.45) is 0. The Hall–Kier alpha value is -3.55. The van der Waals surface area contributed by atoms with Crippen LogP contribution in [0, 0.1) is 0 Å². The molecular weight excluding hydrogens is 440 g/mol. The van der Waals surface area contributed by atoms with E-state index in [1.54, 1.807) is 42.5 Å². The number of hydrogen-bond acceptors (Lipinski definition) is 5. The third-order valence-electron chi connectivity index (χ3n) is 5.23. The van der Waals surface area contributed by atoms with E-state index in [2.05, 4.69) is 20.9 Å². The Kier molecular flexibility index (Phi) is 7.44. The zero-order valence-corrected chi connectivity index (χ0v) is 18.8. The number of benzene rings is 3. The van der Waals surface area contributed by atoms with Crippen LogP contribution in [0.5, 0.6) is 0 Å². The highest BCUT2D eigenvalue weighted by atomic mass is 35.5. The number of nitrogens with one attached hydrogen (secondary N) is 3. The van der Waals surface area contributed by atoms with Gasteiger partial charge in [0.05, 0.1) is 42.4 Å². The van der Waals surface area contributed by atoms with Crippen molar-refractivity contribution in [3.05, 3.63) is 83.4 Å². The molecule has 8 heteroatoms. The number of halogens is 1. The molecule has 33 heavy (non-hydrogen) atoms. The van der Waals surface area contributed by atoms with Crippen LogP contribution in [0.3, 0.4) is 0 Å². The highest BCUT2D eigenvalue weighted by Crippen LogP contribution is 2.30. The number of para-hydroxylation sites is 2. The second kappa shape index (κ2) is 10.8. The fourth-order valence-corrected chi connectivity index (χ4v) is 3.78. The minimum atomic E-state index is -0.297. The van der Waals surface area contributed by atoms with Crippen molar-refractivity contribution >= 4 is 46.2 Å². The van der Waals surface area contributed by atoms with Gasteiger partial charge in [0.15, 0.2) is 0 Å². The van der Waals surface area contributed by atoms with Crippen molar-refractivity contribution < 1.29 is 14.3 Å². The molecule has 1 fully saturated rings. The first kappa shape index (κ1) is 22.6. The normalized spacial score (nSPS) is 13.3. The minimum Gasteiger partial charge on any atom is -0.378 e. The van der Waals surface area contributed by atoms with E-state index in [0.29, 0.717) is 35.2 Å².